The Morgan fingerprint density at radius 3 is 2.63 bits per heavy atom. The van der Waals surface area contributed by atoms with E-state index >= 15 is 0 Å². The van der Waals surface area contributed by atoms with Crippen molar-refractivity contribution < 1.29 is 4.74 Å². The van der Waals surface area contributed by atoms with Crippen LogP contribution in [-0.4, -0.2) is 76.2 Å². The molecule has 4 heterocycles. The maximum absolute atomic E-state index is 12.1. The lowest BCUT2D eigenvalue weighted by Gasteiger charge is -2.28. The SMILES string of the molecule is Cc1cc(-c2cc3[nH]c(=O)cc(N4CCOCC4)n3n2)nn1CCN(C)C. The van der Waals surface area contributed by atoms with Crippen molar-refractivity contribution in [2.45, 2.75) is 13.5 Å². The standard InChI is InChI=1S/C18H25N7O2/c1-13-10-14(20-24(13)5-4-22(2)3)15-11-16-19-17(26)12-18(25(16)21-15)23-6-8-27-9-7-23/h10-12H,4-9H2,1-3H3,(H,19,26). The highest BCUT2D eigenvalue weighted by Gasteiger charge is 2.18. The van der Waals surface area contributed by atoms with Gasteiger partial charge in [0.05, 0.1) is 19.8 Å². The van der Waals surface area contributed by atoms with Crippen LogP contribution in [0.2, 0.25) is 0 Å². The van der Waals surface area contributed by atoms with E-state index in [4.69, 9.17) is 14.9 Å². The van der Waals surface area contributed by atoms with Crippen LogP contribution in [-0.2, 0) is 11.3 Å². The molecule has 1 fully saturated rings. The maximum atomic E-state index is 12.1. The van der Waals surface area contributed by atoms with Crippen LogP contribution in [0.3, 0.4) is 0 Å². The van der Waals surface area contributed by atoms with Crippen LogP contribution < -0.4 is 10.5 Å². The molecule has 144 valence electrons. The monoisotopic (exact) mass is 371 g/mol. The molecule has 3 aromatic heterocycles. The van der Waals surface area contributed by atoms with Gasteiger partial charge in [-0.1, -0.05) is 0 Å². The Hall–Kier alpha value is -2.65. The Bertz CT molecular complexity index is 995. The Morgan fingerprint density at radius 2 is 1.89 bits per heavy atom. The quantitative estimate of drug-likeness (QED) is 0.707. The lowest BCUT2D eigenvalue weighted by molar-refractivity contribution is 0.122. The number of H-pyrrole nitrogens is 1. The van der Waals surface area contributed by atoms with Gasteiger partial charge in [-0.3, -0.25) is 9.48 Å². The van der Waals surface area contributed by atoms with Crippen LogP contribution in [0.4, 0.5) is 5.82 Å². The number of nitrogens with one attached hydrogen (secondary N) is 1. The number of rotatable bonds is 5. The minimum absolute atomic E-state index is 0.136. The molecule has 27 heavy (non-hydrogen) atoms. The van der Waals surface area contributed by atoms with Gasteiger partial charge in [-0.25, -0.2) is 4.52 Å². The maximum Gasteiger partial charge on any atom is 0.253 e. The fourth-order valence-electron chi connectivity index (χ4n) is 3.28. The van der Waals surface area contributed by atoms with Gasteiger partial charge in [-0.15, -0.1) is 0 Å². The Kier molecular flexibility index (Phi) is 4.71. The van der Waals surface area contributed by atoms with E-state index in [1.54, 1.807) is 10.6 Å². The van der Waals surface area contributed by atoms with E-state index in [-0.39, 0.29) is 5.56 Å². The molecule has 0 aromatic carbocycles. The summed E-state index contributed by atoms with van der Waals surface area (Å²) in [5.74, 6) is 0.784. The van der Waals surface area contributed by atoms with E-state index in [9.17, 15) is 4.79 Å². The Balaban J connectivity index is 1.71. The number of aryl methyl sites for hydroxylation is 1. The second-order valence-electron chi connectivity index (χ2n) is 7.12. The number of hydrogen-bond acceptors (Lipinski definition) is 6. The van der Waals surface area contributed by atoms with E-state index in [1.807, 2.05) is 37.8 Å². The molecular weight excluding hydrogens is 346 g/mol. The average Bonchev–Trinajstić information content (AvgIpc) is 3.23. The largest absolute Gasteiger partial charge is 0.378 e. The van der Waals surface area contributed by atoms with Gasteiger partial charge in [0, 0.05) is 37.5 Å². The van der Waals surface area contributed by atoms with Crippen LogP contribution in [0.5, 0.6) is 0 Å². The summed E-state index contributed by atoms with van der Waals surface area (Å²) < 4.78 is 9.20. The molecular formula is C18H25N7O2. The fraction of sp³-hybridized carbons (Fsp3) is 0.500. The number of anilines is 1. The number of aromatic nitrogens is 5. The number of nitrogens with zero attached hydrogens (tertiary/aromatic N) is 6. The van der Waals surface area contributed by atoms with Crippen LogP contribution in [0.1, 0.15) is 5.69 Å². The van der Waals surface area contributed by atoms with Crippen LogP contribution >= 0.6 is 0 Å². The molecule has 9 heteroatoms. The summed E-state index contributed by atoms with van der Waals surface area (Å²) in [6.45, 7) is 6.57. The summed E-state index contributed by atoms with van der Waals surface area (Å²) in [4.78, 5) is 19.2. The van der Waals surface area contributed by atoms with Gasteiger partial charge in [-0.2, -0.15) is 10.2 Å². The first-order valence-electron chi connectivity index (χ1n) is 9.16. The van der Waals surface area contributed by atoms with E-state index in [0.717, 1.165) is 49.1 Å². The molecule has 1 saturated heterocycles. The molecule has 0 unspecified atom stereocenters. The number of hydrogen-bond donors (Lipinski definition) is 1. The third kappa shape index (κ3) is 3.60. The molecule has 0 aliphatic carbocycles. The van der Waals surface area contributed by atoms with Crippen molar-refractivity contribution in [1.82, 2.24) is 29.3 Å². The van der Waals surface area contributed by atoms with Crippen LogP contribution in [0.15, 0.2) is 23.0 Å². The van der Waals surface area contributed by atoms with Crippen molar-refractivity contribution >= 4 is 11.5 Å². The smallest absolute Gasteiger partial charge is 0.253 e. The number of aromatic amines is 1. The molecule has 9 nitrogen and oxygen atoms in total. The first-order chi connectivity index (χ1) is 13.0. The zero-order valence-corrected chi connectivity index (χ0v) is 16.0. The summed E-state index contributed by atoms with van der Waals surface area (Å²) in [7, 11) is 4.09. The molecule has 0 bridgehead atoms. The zero-order valence-electron chi connectivity index (χ0n) is 16.0. The molecule has 0 saturated carbocycles. The number of fused-ring (bicyclic) bond motifs is 1. The van der Waals surface area contributed by atoms with Crippen LogP contribution in [0.25, 0.3) is 17.0 Å². The van der Waals surface area contributed by atoms with E-state index in [0.29, 0.717) is 18.9 Å². The predicted octanol–water partition coefficient (Wildman–Crippen LogP) is 0.593. The number of ether oxygens (including phenoxy) is 1. The van der Waals surface area contributed by atoms with Crippen LogP contribution in [0, 0.1) is 6.92 Å². The van der Waals surface area contributed by atoms with E-state index in [1.165, 1.54) is 0 Å². The highest BCUT2D eigenvalue weighted by molar-refractivity contribution is 5.63. The first kappa shape index (κ1) is 17.7. The lowest BCUT2D eigenvalue weighted by atomic mass is 10.3. The number of likely N-dealkylation sites (N-methyl/N-ethyl adjacent to an activating group) is 1. The molecule has 0 radical (unpaired) electrons. The Morgan fingerprint density at radius 1 is 1.15 bits per heavy atom. The second-order valence-corrected chi connectivity index (χ2v) is 7.12. The number of morpholine rings is 1. The highest BCUT2D eigenvalue weighted by Crippen LogP contribution is 2.22. The van der Waals surface area contributed by atoms with Crippen molar-refractivity contribution in [3.63, 3.8) is 0 Å². The van der Waals surface area contributed by atoms with E-state index < -0.39 is 0 Å². The summed E-state index contributed by atoms with van der Waals surface area (Å²) in [5, 5.41) is 9.43. The molecule has 0 spiro atoms. The van der Waals surface area contributed by atoms with Gasteiger partial charge in [-0.05, 0) is 27.1 Å². The molecule has 1 aliphatic rings. The zero-order chi connectivity index (χ0) is 19.0. The van der Waals surface area contributed by atoms with Gasteiger partial charge >= 0.3 is 0 Å². The summed E-state index contributed by atoms with van der Waals surface area (Å²) in [5.41, 5.74) is 3.18. The van der Waals surface area contributed by atoms with Gasteiger partial charge in [0.1, 0.15) is 22.9 Å². The average molecular weight is 371 g/mol. The minimum Gasteiger partial charge on any atom is -0.378 e. The van der Waals surface area contributed by atoms with Crippen molar-refractivity contribution in [1.29, 1.82) is 0 Å². The minimum atomic E-state index is -0.136. The van der Waals surface area contributed by atoms with Crippen molar-refractivity contribution in [3.05, 3.63) is 34.2 Å². The van der Waals surface area contributed by atoms with Gasteiger partial charge in [0.25, 0.3) is 5.56 Å². The molecule has 0 amide bonds. The molecule has 0 atom stereocenters. The molecule has 1 aliphatic heterocycles. The topological polar surface area (TPSA) is 83.7 Å². The summed E-state index contributed by atoms with van der Waals surface area (Å²) >= 11 is 0. The van der Waals surface area contributed by atoms with Crippen molar-refractivity contribution in [3.8, 4) is 11.4 Å². The normalized spacial score (nSPS) is 15.2. The van der Waals surface area contributed by atoms with Crippen molar-refractivity contribution in [2.75, 3.05) is 51.8 Å². The third-order valence-electron chi connectivity index (χ3n) is 4.78. The molecule has 1 N–H and O–H groups in total. The van der Waals surface area contributed by atoms with E-state index in [2.05, 4.69) is 14.8 Å². The molecule has 4 rings (SSSR count). The summed E-state index contributed by atoms with van der Waals surface area (Å²) in [6.07, 6.45) is 0. The first-order valence-corrected chi connectivity index (χ1v) is 9.16. The van der Waals surface area contributed by atoms with Gasteiger partial charge in [0.15, 0.2) is 0 Å². The lowest BCUT2D eigenvalue weighted by Crippen LogP contribution is -2.38. The summed E-state index contributed by atoms with van der Waals surface area (Å²) in [6, 6.07) is 5.50. The third-order valence-corrected chi connectivity index (χ3v) is 4.78. The van der Waals surface area contributed by atoms with Gasteiger partial charge in [0.2, 0.25) is 0 Å². The van der Waals surface area contributed by atoms with Gasteiger partial charge < -0.3 is 19.5 Å². The predicted molar refractivity (Wildman–Crippen MR) is 103 cm³/mol. The second kappa shape index (κ2) is 7.16. The molecule has 3 aromatic rings. The highest BCUT2D eigenvalue weighted by atomic mass is 16.5. The Labute approximate surface area is 157 Å². The fourth-order valence-corrected chi connectivity index (χ4v) is 3.28. The van der Waals surface area contributed by atoms with Crippen molar-refractivity contribution in [2.24, 2.45) is 0 Å².